The number of nitrogens with one attached hydrogen (secondary N) is 1. The standard InChI is InChI=1S/C16H12F4N2O3S/c1-10-3-2-4-12(21-10)7-8-26(24,25)22-15(23)13-6-5-11(17)9-14(13)16(18,19)20/h2-9H,1H3,(H,22,23)/b8-7+. The van der Waals surface area contributed by atoms with E-state index in [-0.39, 0.29) is 11.8 Å². The van der Waals surface area contributed by atoms with Gasteiger partial charge in [0.1, 0.15) is 5.82 Å². The van der Waals surface area contributed by atoms with E-state index in [1.54, 1.807) is 19.1 Å². The molecule has 0 saturated heterocycles. The van der Waals surface area contributed by atoms with Crippen molar-refractivity contribution in [1.29, 1.82) is 0 Å². The van der Waals surface area contributed by atoms with E-state index in [0.29, 0.717) is 23.2 Å². The molecule has 0 spiro atoms. The minimum Gasteiger partial charge on any atom is -0.268 e. The number of rotatable bonds is 4. The first-order valence-electron chi connectivity index (χ1n) is 7.03. The van der Waals surface area contributed by atoms with Gasteiger partial charge in [0.05, 0.1) is 22.2 Å². The Bertz CT molecular complexity index is 970. The molecule has 0 unspecified atom stereocenters. The van der Waals surface area contributed by atoms with Crippen LogP contribution in [0.4, 0.5) is 17.6 Å². The third-order valence-corrected chi connectivity index (χ3v) is 4.06. The van der Waals surface area contributed by atoms with Crippen molar-refractivity contribution in [1.82, 2.24) is 9.71 Å². The lowest BCUT2D eigenvalue weighted by Crippen LogP contribution is -2.30. The minimum atomic E-state index is -5.03. The Labute approximate surface area is 146 Å². The summed E-state index contributed by atoms with van der Waals surface area (Å²) < 4.78 is 77.1. The maximum atomic E-state index is 13.1. The van der Waals surface area contributed by atoms with E-state index in [4.69, 9.17) is 0 Å². The number of hydrogen-bond donors (Lipinski definition) is 1. The molecule has 0 radical (unpaired) electrons. The largest absolute Gasteiger partial charge is 0.417 e. The molecule has 0 fully saturated rings. The van der Waals surface area contributed by atoms with E-state index in [0.717, 1.165) is 6.08 Å². The number of amides is 1. The van der Waals surface area contributed by atoms with Gasteiger partial charge < -0.3 is 0 Å². The average molecular weight is 388 g/mol. The highest BCUT2D eigenvalue weighted by Crippen LogP contribution is 2.32. The van der Waals surface area contributed by atoms with E-state index >= 15 is 0 Å². The molecule has 10 heteroatoms. The zero-order valence-corrected chi connectivity index (χ0v) is 14.0. The van der Waals surface area contributed by atoms with E-state index in [1.165, 1.54) is 10.8 Å². The highest BCUT2D eigenvalue weighted by Gasteiger charge is 2.36. The zero-order chi connectivity index (χ0) is 19.5. The second-order valence-electron chi connectivity index (χ2n) is 5.17. The molecule has 26 heavy (non-hydrogen) atoms. The molecular formula is C16H12F4N2O3S. The fourth-order valence-electron chi connectivity index (χ4n) is 1.98. The fraction of sp³-hybridized carbons (Fsp3) is 0.125. The van der Waals surface area contributed by atoms with Crippen LogP contribution >= 0.6 is 0 Å². The van der Waals surface area contributed by atoms with Gasteiger partial charge in [0.15, 0.2) is 0 Å². The molecule has 1 amide bonds. The lowest BCUT2D eigenvalue weighted by molar-refractivity contribution is -0.138. The zero-order valence-electron chi connectivity index (χ0n) is 13.2. The van der Waals surface area contributed by atoms with Crippen LogP contribution in [0.2, 0.25) is 0 Å². The van der Waals surface area contributed by atoms with Crippen molar-refractivity contribution < 1.29 is 30.8 Å². The Balaban J connectivity index is 2.26. The van der Waals surface area contributed by atoms with E-state index in [9.17, 15) is 30.8 Å². The lowest BCUT2D eigenvalue weighted by Gasteiger charge is -2.12. The minimum absolute atomic E-state index is 0.119. The average Bonchev–Trinajstić information content (AvgIpc) is 2.52. The van der Waals surface area contributed by atoms with Crippen LogP contribution in [0.3, 0.4) is 0 Å². The van der Waals surface area contributed by atoms with Gasteiger partial charge in [-0.2, -0.15) is 13.2 Å². The quantitative estimate of drug-likeness (QED) is 0.816. The van der Waals surface area contributed by atoms with Gasteiger partial charge in [0.25, 0.3) is 15.9 Å². The summed E-state index contributed by atoms with van der Waals surface area (Å²) >= 11 is 0. The normalized spacial score (nSPS) is 12.3. The predicted octanol–water partition coefficient (Wildman–Crippen LogP) is 3.28. The maximum absolute atomic E-state index is 13.1. The smallest absolute Gasteiger partial charge is 0.268 e. The summed E-state index contributed by atoms with van der Waals surface area (Å²) in [5, 5.41) is 0.601. The number of benzene rings is 1. The monoisotopic (exact) mass is 388 g/mol. The molecule has 2 rings (SSSR count). The molecule has 2 aromatic rings. The van der Waals surface area contributed by atoms with Crippen LogP contribution in [-0.4, -0.2) is 19.3 Å². The fourth-order valence-corrected chi connectivity index (χ4v) is 2.74. The van der Waals surface area contributed by atoms with Gasteiger partial charge in [-0.1, -0.05) is 6.07 Å². The summed E-state index contributed by atoms with van der Waals surface area (Å²) in [6.45, 7) is 1.68. The number of pyridine rings is 1. The number of aryl methyl sites for hydroxylation is 1. The van der Waals surface area contributed by atoms with Crippen LogP contribution in [0.5, 0.6) is 0 Å². The van der Waals surface area contributed by atoms with Crippen molar-refractivity contribution in [2.75, 3.05) is 0 Å². The topological polar surface area (TPSA) is 76.1 Å². The molecule has 0 saturated carbocycles. The number of nitrogens with zero attached hydrogens (tertiary/aromatic N) is 1. The van der Waals surface area contributed by atoms with Crippen molar-refractivity contribution in [2.24, 2.45) is 0 Å². The van der Waals surface area contributed by atoms with Crippen molar-refractivity contribution in [2.45, 2.75) is 13.1 Å². The van der Waals surface area contributed by atoms with Crippen LogP contribution in [0.1, 0.15) is 27.3 Å². The summed E-state index contributed by atoms with van der Waals surface area (Å²) in [6, 6.07) is 6.12. The summed E-state index contributed by atoms with van der Waals surface area (Å²) in [7, 11) is -4.39. The number of hydrogen-bond acceptors (Lipinski definition) is 4. The van der Waals surface area contributed by atoms with Gasteiger partial charge in [-0.3, -0.25) is 9.78 Å². The number of alkyl halides is 3. The Morgan fingerprint density at radius 3 is 2.50 bits per heavy atom. The van der Waals surface area contributed by atoms with E-state index in [2.05, 4.69) is 4.98 Å². The maximum Gasteiger partial charge on any atom is 0.417 e. The SMILES string of the molecule is Cc1cccc(/C=C/S(=O)(=O)NC(=O)c2ccc(F)cc2C(F)(F)F)n1. The van der Waals surface area contributed by atoms with Crippen molar-refractivity contribution >= 4 is 22.0 Å². The van der Waals surface area contributed by atoms with Crippen molar-refractivity contribution in [3.05, 3.63) is 70.1 Å². The van der Waals surface area contributed by atoms with Crippen LogP contribution in [0, 0.1) is 12.7 Å². The molecule has 0 atom stereocenters. The number of aromatic nitrogens is 1. The Morgan fingerprint density at radius 1 is 1.19 bits per heavy atom. The van der Waals surface area contributed by atoms with Gasteiger partial charge in [0.2, 0.25) is 0 Å². The predicted molar refractivity (Wildman–Crippen MR) is 85.8 cm³/mol. The number of carbonyl (C=O) groups is 1. The van der Waals surface area contributed by atoms with Crippen molar-refractivity contribution in [3.63, 3.8) is 0 Å². The van der Waals surface area contributed by atoms with Crippen LogP contribution < -0.4 is 4.72 Å². The second-order valence-corrected chi connectivity index (χ2v) is 6.74. The highest BCUT2D eigenvalue weighted by molar-refractivity contribution is 7.93. The van der Waals surface area contributed by atoms with E-state index in [1.807, 2.05) is 0 Å². The molecule has 0 bridgehead atoms. The van der Waals surface area contributed by atoms with E-state index < -0.39 is 39.1 Å². The molecule has 5 nitrogen and oxygen atoms in total. The van der Waals surface area contributed by atoms with Crippen molar-refractivity contribution in [3.8, 4) is 0 Å². The van der Waals surface area contributed by atoms with Gasteiger partial charge >= 0.3 is 6.18 Å². The highest BCUT2D eigenvalue weighted by atomic mass is 32.2. The third-order valence-electron chi connectivity index (χ3n) is 3.09. The first kappa shape index (κ1) is 19.6. The molecular weight excluding hydrogens is 376 g/mol. The van der Waals surface area contributed by atoms with Gasteiger partial charge in [-0.15, -0.1) is 0 Å². The molecule has 1 aromatic carbocycles. The molecule has 1 N–H and O–H groups in total. The van der Waals surface area contributed by atoms with Gasteiger partial charge in [-0.25, -0.2) is 17.5 Å². The number of carbonyl (C=O) groups excluding carboxylic acids is 1. The lowest BCUT2D eigenvalue weighted by atomic mass is 10.1. The molecule has 0 aliphatic heterocycles. The number of halogens is 4. The summed E-state index contributed by atoms with van der Waals surface area (Å²) in [5.41, 5.74) is -1.69. The first-order chi connectivity index (χ1) is 12.0. The Kier molecular flexibility index (Phi) is 5.45. The molecule has 0 aliphatic rings. The summed E-state index contributed by atoms with van der Waals surface area (Å²) in [6.07, 6.45) is -3.95. The molecule has 138 valence electrons. The molecule has 1 heterocycles. The first-order valence-corrected chi connectivity index (χ1v) is 8.58. The molecule has 0 aliphatic carbocycles. The number of sulfonamides is 1. The second kappa shape index (κ2) is 7.24. The summed E-state index contributed by atoms with van der Waals surface area (Å²) in [5.74, 6) is -2.73. The van der Waals surface area contributed by atoms with Crippen LogP contribution in [-0.2, 0) is 16.2 Å². The van der Waals surface area contributed by atoms with Gasteiger partial charge in [0, 0.05) is 5.69 Å². The Morgan fingerprint density at radius 2 is 1.88 bits per heavy atom. The van der Waals surface area contributed by atoms with Crippen LogP contribution in [0.25, 0.3) is 6.08 Å². The van der Waals surface area contributed by atoms with Crippen LogP contribution in [0.15, 0.2) is 41.8 Å². The van der Waals surface area contributed by atoms with Gasteiger partial charge in [-0.05, 0) is 43.3 Å². The Hall–Kier alpha value is -2.75. The summed E-state index contributed by atoms with van der Waals surface area (Å²) in [4.78, 5) is 16.0. The molecule has 1 aromatic heterocycles. The third kappa shape index (κ3) is 5.12.